The van der Waals surface area contributed by atoms with Crippen molar-refractivity contribution in [2.75, 3.05) is 7.11 Å². The predicted octanol–water partition coefficient (Wildman–Crippen LogP) is 1.92. The van der Waals surface area contributed by atoms with E-state index in [1.807, 2.05) is 0 Å². The van der Waals surface area contributed by atoms with Gasteiger partial charge < -0.3 is 9.84 Å². The van der Waals surface area contributed by atoms with Crippen molar-refractivity contribution in [1.82, 2.24) is 0 Å². The Morgan fingerprint density at radius 3 is 2.75 bits per heavy atom. The van der Waals surface area contributed by atoms with Gasteiger partial charge in [0.1, 0.15) is 0 Å². The van der Waals surface area contributed by atoms with E-state index in [1.165, 1.54) is 13.2 Å². The van der Waals surface area contributed by atoms with E-state index in [2.05, 4.69) is 0 Å². The van der Waals surface area contributed by atoms with Crippen LogP contribution in [0.4, 0.5) is 5.69 Å². The van der Waals surface area contributed by atoms with Crippen molar-refractivity contribution in [3.63, 3.8) is 0 Å². The lowest BCUT2D eigenvalue weighted by Crippen LogP contribution is -2.02. The van der Waals surface area contributed by atoms with Crippen LogP contribution in [0.2, 0.25) is 0 Å². The fourth-order valence-electron chi connectivity index (χ4n) is 1.40. The quantitative estimate of drug-likeness (QED) is 0.613. The molecule has 0 heterocycles. The zero-order chi connectivity index (χ0) is 12.1. The standard InChI is InChI=1S/C11H15NO4/c1-8(13)3-4-9-5-6-10(12(14)15)11(7-9)16-2/h5-8,13H,3-4H2,1-2H3/t8-/m1/s1. The van der Waals surface area contributed by atoms with E-state index in [0.717, 1.165) is 5.56 Å². The Hall–Kier alpha value is -1.62. The molecular formula is C11H15NO4. The van der Waals surface area contributed by atoms with Gasteiger partial charge in [0.25, 0.3) is 0 Å². The highest BCUT2D eigenvalue weighted by Crippen LogP contribution is 2.27. The normalized spacial score (nSPS) is 12.2. The molecule has 1 rings (SSSR count). The molecule has 5 heteroatoms. The average Bonchev–Trinajstić information content (AvgIpc) is 2.25. The maximum Gasteiger partial charge on any atom is 0.310 e. The second-order valence-electron chi connectivity index (χ2n) is 3.65. The van der Waals surface area contributed by atoms with Gasteiger partial charge in [-0.05, 0) is 31.4 Å². The molecule has 0 radical (unpaired) electrons. The van der Waals surface area contributed by atoms with Gasteiger partial charge in [-0.15, -0.1) is 0 Å². The summed E-state index contributed by atoms with van der Waals surface area (Å²) in [7, 11) is 1.40. The Morgan fingerprint density at radius 2 is 2.25 bits per heavy atom. The van der Waals surface area contributed by atoms with Crippen molar-refractivity contribution in [2.24, 2.45) is 0 Å². The van der Waals surface area contributed by atoms with E-state index >= 15 is 0 Å². The summed E-state index contributed by atoms with van der Waals surface area (Å²) in [5.74, 6) is 0.257. The van der Waals surface area contributed by atoms with Gasteiger partial charge in [-0.2, -0.15) is 0 Å². The molecule has 5 nitrogen and oxygen atoms in total. The molecule has 0 aliphatic rings. The van der Waals surface area contributed by atoms with Crippen LogP contribution in [0, 0.1) is 10.1 Å². The molecule has 0 unspecified atom stereocenters. The lowest BCUT2D eigenvalue weighted by atomic mass is 10.1. The van der Waals surface area contributed by atoms with Gasteiger partial charge in [0.15, 0.2) is 5.75 Å². The predicted molar refractivity (Wildman–Crippen MR) is 59.7 cm³/mol. The van der Waals surface area contributed by atoms with Crippen LogP contribution in [-0.4, -0.2) is 23.2 Å². The number of nitrogens with zero attached hydrogens (tertiary/aromatic N) is 1. The molecule has 1 N–H and O–H groups in total. The number of aliphatic hydroxyl groups is 1. The fourth-order valence-corrected chi connectivity index (χ4v) is 1.40. The molecule has 0 fully saturated rings. The van der Waals surface area contributed by atoms with Crippen LogP contribution in [0.3, 0.4) is 0 Å². The molecule has 88 valence electrons. The van der Waals surface area contributed by atoms with Crippen LogP contribution in [0.25, 0.3) is 0 Å². The van der Waals surface area contributed by atoms with Crippen molar-refractivity contribution in [1.29, 1.82) is 0 Å². The molecule has 1 atom stereocenters. The largest absolute Gasteiger partial charge is 0.490 e. The summed E-state index contributed by atoms with van der Waals surface area (Å²) in [4.78, 5) is 10.2. The van der Waals surface area contributed by atoms with Crippen molar-refractivity contribution in [3.8, 4) is 5.75 Å². The minimum Gasteiger partial charge on any atom is -0.490 e. The van der Waals surface area contributed by atoms with E-state index in [0.29, 0.717) is 12.8 Å². The molecule has 0 saturated heterocycles. The van der Waals surface area contributed by atoms with Crippen molar-refractivity contribution in [2.45, 2.75) is 25.9 Å². The molecule has 0 spiro atoms. The Balaban J connectivity index is 2.86. The highest BCUT2D eigenvalue weighted by atomic mass is 16.6. The van der Waals surface area contributed by atoms with Gasteiger partial charge >= 0.3 is 5.69 Å². The summed E-state index contributed by atoms with van der Waals surface area (Å²) in [5.41, 5.74) is 0.881. The number of methoxy groups -OCH3 is 1. The molecule has 0 aromatic heterocycles. The molecule has 1 aromatic rings. The van der Waals surface area contributed by atoms with Crippen LogP contribution in [-0.2, 0) is 6.42 Å². The summed E-state index contributed by atoms with van der Waals surface area (Å²) in [5, 5.41) is 19.8. The topological polar surface area (TPSA) is 72.6 Å². The zero-order valence-corrected chi connectivity index (χ0v) is 9.34. The smallest absolute Gasteiger partial charge is 0.310 e. The Labute approximate surface area is 93.8 Å². The summed E-state index contributed by atoms with van der Waals surface area (Å²) in [6.07, 6.45) is 0.925. The molecule has 16 heavy (non-hydrogen) atoms. The SMILES string of the molecule is COc1cc(CC[C@@H](C)O)ccc1[N+](=O)[O-]. The number of nitro groups is 1. The summed E-state index contributed by atoms with van der Waals surface area (Å²) in [6.45, 7) is 1.71. The number of benzene rings is 1. The van der Waals surface area contributed by atoms with E-state index in [9.17, 15) is 10.1 Å². The van der Waals surface area contributed by atoms with E-state index in [1.54, 1.807) is 19.1 Å². The molecule has 0 bridgehead atoms. The lowest BCUT2D eigenvalue weighted by molar-refractivity contribution is -0.385. The molecule has 0 saturated carbocycles. The number of hydrogen-bond donors (Lipinski definition) is 1. The van der Waals surface area contributed by atoms with E-state index in [-0.39, 0.29) is 17.5 Å². The van der Waals surface area contributed by atoms with Gasteiger partial charge in [0.2, 0.25) is 0 Å². The molecular weight excluding hydrogens is 210 g/mol. The second kappa shape index (κ2) is 5.46. The third-order valence-electron chi connectivity index (χ3n) is 2.29. The first-order valence-corrected chi connectivity index (χ1v) is 5.04. The van der Waals surface area contributed by atoms with Gasteiger partial charge in [-0.3, -0.25) is 10.1 Å². The van der Waals surface area contributed by atoms with Gasteiger partial charge in [-0.1, -0.05) is 6.07 Å². The number of nitro benzene ring substituents is 1. The maximum absolute atomic E-state index is 10.6. The van der Waals surface area contributed by atoms with E-state index < -0.39 is 4.92 Å². The Bertz CT molecular complexity index is 376. The minimum absolute atomic E-state index is 0.0386. The zero-order valence-electron chi connectivity index (χ0n) is 9.34. The molecule has 0 amide bonds. The van der Waals surface area contributed by atoms with Gasteiger partial charge in [-0.25, -0.2) is 0 Å². The van der Waals surface area contributed by atoms with Crippen LogP contribution in [0.15, 0.2) is 18.2 Å². The monoisotopic (exact) mass is 225 g/mol. The minimum atomic E-state index is -0.475. The molecule has 0 aliphatic carbocycles. The van der Waals surface area contributed by atoms with Crippen LogP contribution < -0.4 is 4.74 Å². The third kappa shape index (κ3) is 3.20. The van der Waals surface area contributed by atoms with Crippen LogP contribution in [0.1, 0.15) is 18.9 Å². The number of rotatable bonds is 5. The number of ether oxygens (including phenoxy) is 1. The number of aryl methyl sites for hydroxylation is 1. The number of hydrogen-bond acceptors (Lipinski definition) is 4. The average molecular weight is 225 g/mol. The Kier molecular flexibility index (Phi) is 4.25. The summed E-state index contributed by atoms with van der Waals surface area (Å²) < 4.78 is 4.95. The Morgan fingerprint density at radius 1 is 1.56 bits per heavy atom. The van der Waals surface area contributed by atoms with Crippen LogP contribution in [0.5, 0.6) is 5.75 Å². The van der Waals surface area contributed by atoms with Crippen molar-refractivity contribution >= 4 is 5.69 Å². The molecule has 1 aromatic carbocycles. The highest BCUT2D eigenvalue weighted by molar-refractivity contribution is 5.48. The van der Waals surface area contributed by atoms with Crippen LogP contribution >= 0.6 is 0 Å². The third-order valence-corrected chi connectivity index (χ3v) is 2.29. The van der Waals surface area contributed by atoms with Crippen molar-refractivity contribution in [3.05, 3.63) is 33.9 Å². The highest BCUT2D eigenvalue weighted by Gasteiger charge is 2.14. The first kappa shape index (κ1) is 12.4. The second-order valence-corrected chi connectivity index (χ2v) is 3.65. The van der Waals surface area contributed by atoms with Gasteiger partial charge in [0.05, 0.1) is 18.1 Å². The van der Waals surface area contributed by atoms with E-state index in [4.69, 9.17) is 9.84 Å². The number of aliphatic hydroxyl groups excluding tert-OH is 1. The molecule has 0 aliphatic heterocycles. The fraction of sp³-hybridized carbons (Fsp3) is 0.455. The summed E-state index contributed by atoms with van der Waals surface area (Å²) >= 11 is 0. The van der Waals surface area contributed by atoms with Crippen molar-refractivity contribution < 1.29 is 14.8 Å². The van der Waals surface area contributed by atoms with Gasteiger partial charge in [0, 0.05) is 6.07 Å². The first-order chi connectivity index (χ1) is 7.54. The first-order valence-electron chi connectivity index (χ1n) is 5.04. The maximum atomic E-state index is 10.6. The summed E-state index contributed by atoms with van der Waals surface area (Å²) in [6, 6.07) is 4.75. The lowest BCUT2D eigenvalue weighted by Gasteiger charge is -2.06.